The molecule has 1 aliphatic heterocycles. The molecule has 5 rings (SSSR count). The standard InChI is InChI=1S/C27H22F6O3/c28-21-9-8-20(12-22(21)29)36-27(32,33)25-23(30)10-18(11-24(25)31)16-4-6-17(7-5-16)26-34-13-19(14-35-26)15-2-1-3-15/h4-12,15,19,26H,1-3,13-14H2. The molecular weight excluding hydrogens is 486 g/mol. The van der Waals surface area contributed by atoms with Crippen molar-refractivity contribution in [2.24, 2.45) is 11.8 Å². The molecule has 9 heteroatoms. The van der Waals surface area contributed by atoms with E-state index >= 15 is 0 Å². The third-order valence-corrected chi connectivity index (χ3v) is 6.73. The zero-order valence-electron chi connectivity index (χ0n) is 19.0. The van der Waals surface area contributed by atoms with E-state index in [1.165, 1.54) is 19.3 Å². The monoisotopic (exact) mass is 508 g/mol. The predicted octanol–water partition coefficient (Wildman–Crippen LogP) is 7.50. The quantitative estimate of drug-likeness (QED) is 0.323. The first-order chi connectivity index (χ1) is 17.2. The first-order valence-electron chi connectivity index (χ1n) is 11.6. The summed E-state index contributed by atoms with van der Waals surface area (Å²) in [5, 5.41) is 0. The maximum absolute atomic E-state index is 14.7. The molecule has 3 aromatic carbocycles. The molecule has 0 N–H and O–H groups in total. The third kappa shape index (κ3) is 4.95. The lowest BCUT2D eigenvalue weighted by molar-refractivity contribution is -0.216. The lowest BCUT2D eigenvalue weighted by atomic mass is 9.76. The van der Waals surface area contributed by atoms with E-state index in [0.717, 1.165) is 23.8 Å². The van der Waals surface area contributed by atoms with Crippen LogP contribution in [0.25, 0.3) is 11.1 Å². The van der Waals surface area contributed by atoms with Gasteiger partial charge in [0.2, 0.25) is 0 Å². The summed E-state index contributed by atoms with van der Waals surface area (Å²) >= 11 is 0. The Morgan fingerprint density at radius 2 is 1.33 bits per heavy atom. The number of alkyl halides is 2. The lowest BCUT2D eigenvalue weighted by Gasteiger charge is -2.38. The minimum absolute atomic E-state index is 0.0273. The van der Waals surface area contributed by atoms with Crippen LogP contribution in [0.15, 0.2) is 54.6 Å². The predicted molar refractivity (Wildman–Crippen MR) is 118 cm³/mol. The molecular formula is C27H22F6O3. The zero-order chi connectivity index (χ0) is 25.4. The molecule has 0 radical (unpaired) electrons. The van der Waals surface area contributed by atoms with E-state index in [9.17, 15) is 26.3 Å². The van der Waals surface area contributed by atoms with Crippen molar-refractivity contribution >= 4 is 0 Å². The summed E-state index contributed by atoms with van der Waals surface area (Å²) in [6.07, 6.45) is -1.38. The van der Waals surface area contributed by atoms with Crippen LogP contribution in [0, 0.1) is 35.1 Å². The smallest absolute Gasteiger partial charge is 0.429 e. The molecule has 3 aromatic rings. The molecule has 36 heavy (non-hydrogen) atoms. The van der Waals surface area contributed by atoms with Gasteiger partial charge in [0.05, 0.1) is 13.2 Å². The molecule has 0 unspecified atom stereocenters. The molecule has 0 aromatic heterocycles. The molecule has 2 fully saturated rings. The van der Waals surface area contributed by atoms with E-state index in [4.69, 9.17) is 9.47 Å². The Balaban J connectivity index is 1.31. The summed E-state index contributed by atoms with van der Waals surface area (Å²) in [6, 6.07) is 9.72. The van der Waals surface area contributed by atoms with E-state index < -0.39 is 47.0 Å². The normalized spacial score (nSPS) is 20.7. The fraction of sp³-hybridized carbons (Fsp3) is 0.333. The van der Waals surface area contributed by atoms with Gasteiger partial charge in [-0.1, -0.05) is 43.5 Å². The number of hydrogen-bond donors (Lipinski definition) is 0. The summed E-state index contributed by atoms with van der Waals surface area (Å²) in [5.74, 6) is -5.57. The first-order valence-corrected chi connectivity index (χ1v) is 11.6. The Hall–Kier alpha value is -3.04. The molecule has 0 amide bonds. The van der Waals surface area contributed by atoms with Crippen LogP contribution in [0.5, 0.6) is 5.75 Å². The van der Waals surface area contributed by atoms with Gasteiger partial charge in [-0.05, 0) is 41.3 Å². The second kappa shape index (κ2) is 9.78. The molecule has 0 bridgehead atoms. The van der Waals surface area contributed by atoms with Gasteiger partial charge in [0, 0.05) is 17.5 Å². The van der Waals surface area contributed by atoms with Crippen LogP contribution >= 0.6 is 0 Å². The summed E-state index contributed by atoms with van der Waals surface area (Å²) in [5.41, 5.74) is -0.497. The summed E-state index contributed by atoms with van der Waals surface area (Å²) < 4.78 is 101. The van der Waals surface area contributed by atoms with E-state index in [1.54, 1.807) is 24.3 Å². The molecule has 1 saturated carbocycles. The minimum atomic E-state index is -4.48. The summed E-state index contributed by atoms with van der Waals surface area (Å²) in [6.45, 7) is 1.21. The highest BCUT2D eigenvalue weighted by Gasteiger charge is 2.41. The number of halogens is 6. The maximum Gasteiger partial charge on any atom is 0.432 e. The van der Waals surface area contributed by atoms with Crippen LogP contribution < -0.4 is 4.74 Å². The molecule has 3 nitrogen and oxygen atoms in total. The van der Waals surface area contributed by atoms with Crippen LogP contribution in [0.1, 0.15) is 36.7 Å². The van der Waals surface area contributed by atoms with Crippen LogP contribution in [-0.2, 0) is 15.6 Å². The maximum atomic E-state index is 14.7. The van der Waals surface area contributed by atoms with Crippen LogP contribution in [0.3, 0.4) is 0 Å². The Kier molecular flexibility index (Phi) is 6.70. The van der Waals surface area contributed by atoms with Crippen molar-refractivity contribution in [3.8, 4) is 16.9 Å². The van der Waals surface area contributed by atoms with Crippen molar-refractivity contribution in [2.75, 3.05) is 13.2 Å². The van der Waals surface area contributed by atoms with Gasteiger partial charge >= 0.3 is 6.11 Å². The van der Waals surface area contributed by atoms with Crippen LogP contribution in [0.4, 0.5) is 26.3 Å². The number of hydrogen-bond acceptors (Lipinski definition) is 3. The molecule has 190 valence electrons. The molecule has 0 atom stereocenters. The molecule has 2 aliphatic rings. The second-order valence-corrected chi connectivity index (χ2v) is 9.08. The van der Waals surface area contributed by atoms with Gasteiger partial charge in [0.25, 0.3) is 0 Å². The van der Waals surface area contributed by atoms with Gasteiger partial charge in [-0.25, -0.2) is 17.6 Å². The molecule has 1 heterocycles. The largest absolute Gasteiger partial charge is 0.432 e. The van der Waals surface area contributed by atoms with Crippen molar-refractivity contribution < 1.29 is 40.6 Å². The van der Waals surface area contributed by atoms with Crippen LogP contribution in [0.2, 0.25) is 0 Å². The highest BCUT2D eigenvalue weighted by atomic mass is 19.3. The Morgan fingerprint density at radius 1 is 0.694 bits per heavy atom. The fourth-order valence-electron chi connectivity index (χ4n) is 4.48. The molecule has 0 spiro atoms. The first kappa shape index (κ1) is 24.6. The topological polar surface area (TPSA) is 27.7 Å². The van der Waals surface area contributed by atoms with E-state index in [0.29, 0.717) is 42.7 Å². The zero-order valence-corrected chi connectivity index (χ0v) is 19.0. The van der Waals surface area contributed by atoms with Crippen molar-refractivity contribution in [1.82, 2.24) is 0 Å². The molecule has 1 saturated heterocycles. The lowest BCUT2D eigenvalue weighted by Crippen LogP contribution is -2.35. The second-order valence-electron chi connectivity index (χ2n) is 9.08. The van der Waals surface area contributed by atoms with Crippen molar-refractivity contribution in [3.63, 3.8) is 0 Å². The number of ether oxygens (including phenoxy) is 3. The average Bonchev–Trinajstić information content (AvgIpc) is 2.80. The SMILES string of the molecule is Fc1ccc(OC(F)(F)c2c(F)cc(-c3ccc(C4OCC(C5CCC5)CO4)cc3)cc2F)cc1F. The van der Waals surface area contributed by atoms with Gasteiger partial charge in [0.15, 0.2) is 17.9 Å². The Labute approximate surface area is 203 Å². The van der Waals surface area contributed by atoms with E-state index in [-0.39, 0.29) is 5.56 Å². The number of rotatable bonds is 6. The minimum Gasteiger partial charge on any atom is -0.429 e. The van der Waals surface area contributed by atoms with Crippen molar-refractivity contribution in [2.45, 2.75) is 31.7 Å². The number of benzene rings is 3. The highest BCUT2D eigenvalue weighted by Crippen LogP contribution is 2.39. The van der Waals surface area contributed by atoms with E-state index in [2.05, 4.69) is 4.74 Å². The molecule has 1 aliphatic carbocycles. The fourth-order valence-corrected chi connectivity index (χ4v) is 4.48. The summed E-state index contributed by atoms with van der Waals surface area (Å²) in [4.78, 5) is 0. The third-order valence-electron chi connectivity index (χ3n) is 6.73. The average molecular weight is 508 g/mol. The Morgan fingerprint density at radius 3 is 1.89 bits per heavy atom. The summed E-state index contributed by atoms with van der Waals surface area (Å²) in [7, 11) is 0. The van der Waals surface area contributed by atoms with Crippen molar-refractivity contribution in [1.29, 1.82) is 0 Å². The van der Waals surface area contributed by atoms with Gasteiger partial charge < -0.3 is 14.2 Å². The van der Waals surface area contributed by atoms with E-state index in [1.807, 2.05) is 0 Å². The van der Waals surface area contributed by atoms with Crippen LogP contribution in [-0.4, -0.2) is 13.2 Å². The van der Waals surface area contributed by atoms with Gasteiger partial charge in [0.1, 0.15) is 22.9 Å². The van der Waals surface area contributed by atoms with Gasteiger partial charge in [-0.3, -0.25) is 0 Å². The Bertz CT molecular complexity index is 1210. The van der Waals surface area contributed by atoms with Gasteiger partial charge in [-0.2, -0.15) is 8.78 Å². The van der Waals surface area contributed by atoms with Crippen molar-refractivity contribution in [3.05, 3.63) is 89.0 Å². The van der Waals surface area contributed by atoms with Gasteiger partial charge in [-0.15, -0.1) is 0 Å². The highest BCUT2D eigenvalue weighted by molar-refractivity contribution is 5.64.